The van der Waals surface area contributed by atoms with E-state index in [4.69, 9.17) is 5.11 Å². The van der Waals surface area contributed by atoms with E-state index < -0.39 is 5.97 Å². The van der Waals surface area contributed by atoms with E-state index in [1.54, 1.807) is 35.6 Å². The Morgan fingerprint density at radius 3 is 2.85 bits per heavy atom. The van der Waals surface area contributed by atoms with Crippen LogP contribution in [-0.4, -0.2) is 17.0 Å². The molecule has 102 valence electrons. The third-order valence-corrected chi connectivity index (χ3v) is 3.33. The van der Waals surface area contributed by atoms with Crippen molar-refractivity contribution in [1.29, 1.82) is 0 Å². The monoisotopic (exact) mass is 287 g/mol. The maximum atomic E-state index is 12.0. The molecule has 1 amide bonds. The maximum absolute atomic E-state index is 12.0. The number of hydrogen-bond donors (Lipinski definition) is 2. The number of carbonyl (C=O) groups is 2. The number of carbonyl (C=O) groups excluding carboxylic acids is 1. The topological polar surface area (TPSA) is 66.4 Å². The Hall–Kier alpha value is -2.40. The van der Waals surface area contributed by atoms with E-state index in [9.17, 15) is 9.59 Å². The molecule has 5 heteroatoms. The molecule has 2 aromatic rings. The largest absolute Gasteiger partial charge is 0.478 e. The minimum Gasteiger partial charge on any atom is -0.478 e. The van der Waals surface area contributed by atoms with Crippen LogP contribution in [0.15, 0.2) is 47.2 Å². The molecule has 1 aromatic heterocycles. The van der Waals surface area contributed by atoms with Gasteiger partial charge in [-0.2, -0.15) is 11.3 Å². The average Bonchev–Trinajstić information content (AvgIpc) is 2.96. The molecular formula is C15H13NO3S. The van der Waals surface area contributed by atoms with Gasteiger partial charge in [-0.05, 0) is 46.2 Å². The Bertz CT molecular complexity index is 632. The van der Waals surface area contributed by atoms with Crippen LogP contribution in [0.3, 0.4) is 0 Å². The zero-order valence-electron chi connectivity index (χ0n) is 10.6. The third kappa shape index (κ3) is 4.07. The van der Waals surface area contributed by atoms with Crippen molar-refractivity contribution in [3.05, 3.63) is 63.9 Å². The summed E-state index contributed by atoms with van der Waals surface area (Å²) in [5, 5.41) is 15.3. The molecule has 4 nitrogen and oxygen atoms in total. The van der Waals surface area contributed by atoms with Gasteiger partial charge in [-0.1, -0.05) is 12.1 Å². The fourth-order valence-corrected chi connectivity index (χ4v) is 2.30. The average molecular weight is 287 g/mol. The van der Waals surface area contributed by atoms with Crippen molar-refractivity contribution in [2.24, 2.45) is 0 Å². The SMILES string of the molecule is O=C(O)C=Cc1cccc(C(=O)NCc2ccsc2)c1. The summed E-state index contributed by atoms with van der Waals surface area (Å²) in [6.45, 7) is 0.484. The fourth-order valence-electron chi connectivity index (χ4n) is 1.63. The molecular weight excluding hydrogens is 274 g/mol. The van der Waals surface area contributed by atoms with Crippen LogP contribution in [0.4, 0.5) is 0 Å². The summed E-state index contributed by atoms with van der Waals surface area (Å²) >= 11 is 1.58. The van der Waals surface area contributed by atoms with Crippen LogP contribution in [0.2, 0.25) is 0 Å². The van der Waals surface area contributed by atoms with E-state index in [2.05, 4.69) is 5.32 Å². The highest BCUT2D eigenvalue weighted by molar-refractivity contribution is 7.07. The summed E-state index contributed by atoms with van der Waals surface area (Å²) in [5.41, 5.74) is 2.24. The molecule has 0 saturated carbocycles. The summed E-state index contributed by atoms with van der Waals surface area (Å²) < 4.78 is 0. The van der Waals surface area contributed by atoms with Crippen LogP contribution in [0, 0.1) is 0 Å². The number of aliphatic carboxylic acids is 1. The number of thiophene rings is 1. The van der Waals surface area contributed by atoms with Crippen molar-refractivity contribution in [3.63, 3.8) is 0 Å². The molecule has 2 rings (SSSR count). The van der Waals surface area contributed by atoms with E-state index in [0.29, 0.717) is 17.7 Å². The van der Waals surface area contributed by atoms with Crippen molar-refractivity contribution in [3.8, 4) is 0 Å². The number of carboxylic acids is 1. The molecule has 0 atom stereocenters. The molecule has 1 heterocycles. The smallest absolute Gasteiger partial charge is 0.328 e. The van der Waals surface area contributed by atoms with Crippen LogP contribution in [-0.2, 0) is 11.3 Å². The molecule has 0 radical (unpaired) electrons. The molecule has 0 spiro atoms. The van der Waals surface area contributed by atoms with Gasteiger partial charge in [0.1, 0.15) is 0 Å². The zero-order chi connectivity index (χ0) is 14.4. The summed E-state index contributed by atoms with van der Waals surface area (Å²) in [7, 11) is 0. The molecule has 0 fully saturated rings. The van der Waals surface area contributed by atoms with Gasteiger partial charge in [0.25, 0.3) is 5.91 Å². The lowest BCUT2D eigenvalue weighted by Gasteiger charge is -2.04. The Morgan fingerprint density at radius 1 is 1.30 bits per heavy atom. The molecule has 0 unspecified atom stereocenters. The van der Waals surface area contributed by atoms with E-state index >= 15 is 0 Å². The van der Waals surface area contributed by atoms with Gasteiger partial charge in [-0.25, -0.2) is 4.79 Å². The summed E-state index contributed by atoms with van der Waals surface area (Å²) in [6, 6.07) is 8.77. The second-order valence-electron chi connectivity index (χ2n) is 4.11. The normalized spacial score (nSPS) is 10.6. The van der Waals surface area contributed by atoms with Crippen molar-refractivity contribution < 1.29 is 14.7 Å². The molecule has 0 saturated heterocycles. The third-order valence-electron chi connectivity index (χ3n) is 2.60. The van der Waals surface area contributed by atoms with Gasteiger partial charge in [0, 0.05) is 18.2 Å². The number of rotatable bonds is 5. The number of nitrogens with one attached hydrogen (secondary N) is 1. The Morgan fingerprint density at radius 2 is 2.15 bits per heavy atom. The van der Waals surface area contributed by atoms with Crippen molar-refractivity contribution in [1.82, 2.24) is 5.32 Å². The van der Waals surface area contributed by atoms with E-state index in [-0.39, 0.29) is 5.91 Å². The van der Waals surface area contributed by atoms with Crippen molar-refractivity contribution >= 4 is 29.3 Å². The van der Waals surface area contributed by atoms with Gasteiger partial charge in [0.15, 0.2) is 0 Å². The van der Waals surface area contributed by atoms with Gasteiger partial charge in [0.2, 0.25) is 0 Å². The first kappa shape index (κ1) is 14.0. The minimum atomic E-state index is -1.02. The van der Waals surface area contributed by atoms with Crippen LogP contribution in [0.5, 0.6) is 0 Å². The summed E-state index contributed by atoms with van der Waals surface area (Å²) in [5.74, 6) is -1.20. The standard InChI is InChI=1S/C15H13NO3S/c17-14(18)5-4-11-2-1-3-13(8-11)15(19)16-9-12-6-7-20-10-12/h1-8,10H,9H2,(H,16,19)(H,17,18). The first-order chi connectivity index (χ1) is 9.65. The molecule has 0 aliphatic heterocycles. The second-order valence-corrected chi connectivity index (χ2v) is 4.89. The molecule has 0 bridgehead atoms. The number of hydrogen-bond acceptors (Lipinski definition) is 3. The Labute approximate surface area is 120 Å². The van der Waals surface area contributed by atoms with E-state index in [1.165, 1.54) is 6.08 Å². The quantitative estimate of drug-likeness (QED) is 0.831. The van der Waals surface area contributed by atoms with E-state index in [1.807, 2.05) is 16.8 Å². The number of carboxylic acid groups (broad SMARTS) is 1. The highest BCUT2D eigenvalue weighted by Gasteiger charge is 2.05. The van der Waals surface area contributed by atoms with Crippen LogP contribution < -0.4 is 5.32 Å². The fraction of sp³-hybridized carbons (Fsp3) is 0.0667. The van der Waals surface area contributed by atoms with E-state index in [0.717, 1.165) is 11.6 Å². The predicted molar refractivity (Wildman–Crippen MR) is 78.6 cm³/mol. The second kappa shape index (κ2) is 6.68. The Balaban J connectivity index is 2.02. The Kier molecular flexibility index (Phi) is 4.68. The number of amides is 1. The lowest BCUT2D eigenvalue weighted by atomic mass is 10.1. The summed E-state index contributed by atoms with van der Waals surface area (Å²) in [6.07, 6.45) is 2.50. The van der Waals surface area contributed by atoms with Gasteiger partial charge < -0.3 is 10.4 Å². The lowest BCUT2D eigenvalue weighted by Crippen LogP contribution is -2.22. The molecule has 2 N–H and O–H groups in total. The van der Waals surface area contributed by atoms with Gasteiger partial charge in [-0.3, -0.25) is 4.79 Å². The first-order valence-electron chi connectivity index (χ1n) is 5.95. The van der Waals surface area contributed by atoms with Crippen LogP contribution >= 0.6 is 11.3 Å². The molecule has 0 aliphatic rings. The van der Waals surface area contributed by atoms with Crippen LogP contribution in [0.25, 0.3) is 6.08 Å². The van der Waals surface area contributed by atoms with Crippen LogP contribution in [0.1, 0.15) is 21.5 Å². The molecule has 0 aliphatic carbocycles. The maximum Gasteiger partial charge on any atom is 0.328 e. The minimum absolute atomic E-state index is 0.179. The first-order valence-corrected chi connectivity index (χ1v) is 6.90. The lowest BCUT2D eigenvalue weighted by molar-refractivity contribution is -0.131. The highest BCUT2D eigenvalue weighted by Crippen LogP contribution is 2.09. The number of benzene rings is 1. The molecule has 1 aromatic carbocycles. The van der Waals surface area contributed by atoms with Gasteiger partial charge >= 0.3 is 5.97 Å². The molecule has 20 heavy (non-hydrogen) atoms. The summed E-state index contributed by atoms with van der Waals surface area (Å²) in [4.78, 5) is 22.4. The zero-order valence-corrected chi connectivity index (χ0v) is 11.4. The van der Waals surface area contributed by atoms with Gasteiger partial charge in [0.05, 0.1) is 0 Å². The van der Waals surface area contributed by atoms with Gasteiger partial charge in [-0.15, -0.1) is 0 Å². The van der Waals surface area contributed by atoms with Crippen molar-refractivity contribution in [2.75, 3.05) is 0 Å². The van der Waals surface area contributed by atoms with Crippen molar-refractivity contribution in [2.45, 2.75) is 6.54 Å². The predicted octanol–water partition coefficient (Wildman–Crippen LogP) is 2.78. The highest BCUT2D eigenvalue weighted by atomic mass is 32.1.